The SMILES string of the molecule is CCC(O)C1(C#C[Si](C)(C)C)CC1. The van der Waals surface area contributed by atoms with Gasteiger partial charge in [-0.1, -0.05) is 26.6 Å². The quantitative estimate of drug-likeness (QED) is 0.531. The second-order valence-corrected chi connectivity index (χ2v) is 9.83. The lowest BCUT2D eigenvalue weighted by molar-refractivity contribution is 0.118. The molecule has 0 bridgehead atoms. The van der Waals surface area contributed by atoms with Gasteiger partial charge in [0.25, 0.3) is 0 Å². The number of rotatable bonds is 2. The highest BCUT2D eigenvalue weighted by Crippen LogP contribution is 2.49. The zero-order valence-electron chi connectivity index (χ0n) is 9.15. The molecule has 1 unspecified atom stereocenters. The van der Waals surface area contributed by atoms with Crippen molar-refractivity contribution in [1.82, 2.24) is 0 Å². The van der Waals surface area contributed by atoms with Crippen LogP contribution >= 0.6 is 0 Å². The van der Waals surface area contributed by atoms with Crippen LogP contribution in [0.25, 0.3) is 0 Å². The molecule has 2 heteroatoms. The van der Waals surface area contributed by atoms with Gasteiger partial charge in [0.15, 0.2) is 0 Å². The second kappa shape index (κ2) is 3.47. The van der Waals surface area contributed by atoms with Gasteiger partial charge in [-0.3, -0.25) is 0 Å². The average molecular weight is 196 g/mol. The molecule has 0 aromatic carbocycles. The summed E-state index contributed by atoms with van der Waals surface area (Å²) in [6.45, 7) is 8.76. The first-order chi connectivity index (χ1) is 5.90. The van der Waals surface area contributed by atoms with Crippen LogP contribution in [0.15, 0.2) is 0 Å². The number of hydrogen-bond acceptors (Lipinski definition) is 1. The first kappa shape index (κ1) is 10.8. The van der Waals surface area contributed by atoms with Gasteiger partial charge in [-0.2, -0.15) is 0 Å². The van der Waals surface area contributed by atoms with Crippen LogP contribution in [0, 0.1) is 16.9 Å². The van der Waals surface area contributed by atoms with Crippen LogP contribution in [-0.2, 0) is 0 Å². The van der Waals surface area contributed by atoms with Gasteiger partial charge in [0.1, 0.15) is 8.07 Å². The van der Waals surface area contributed by atoms with Crippen molar-refractivity contribution in [3.8, 4) is 11.5 Å². The van der Waals surface area contributed by atoms with Crippen LogP contribution in [0.5, 0.6) is 0 Å². The van der Waals surface area contributed by atoms with Crippen molar-refractivity contribution in [2.24, 2.45) is 5.41 Å². The summed E-state index contributed by atoms with van der Waals surface area (Å²) >= 11 is 0. The van der Waals surface area contributed by atoms with Crippen LogP contribution < -0.4 is 0 Å². The molecule has 0 aromatic rings. The van der Waals surface area contributed by atoms with Gasteiger partial charge in [0, 0.05) is 0 Å². The first-order valence-electron chi connectivity index (χ1n) is 5.12. The summed E-state index contributed by atoms with van der Waals surface area (Å²) in [5.41, 5.74) is 3.36. The van der Waals surface area contributed by atoms with Crippen molar-refractivity contribution in [2.45, 2.75) is 51.9 Å². The standard InChI is InChI=1S/C11H20OSi/c1-5-10(12)11(6-7-11)8-9-13(2,3)4/h10,12H,5-7H2,1-4H3. The Morgan fingerprint density at radius 2 is 1.92 bits per heavy atom. The van der Waals surface area contributed by atoms with E-state index in [1.54, 1.807) is 0 Å². The lowest BCUT2D eigenvalue weighted by Gasteiger charge is -2.15. The highest BCUT2D eigenvalue weighted by molar-refractivity contribution is 6.83. The molecule has 0 aliphatic heterocycles. The molecule has 1 aliphatic rings. The lowest BCUT2D eigenvalue weighted by atomic mass is 9.99. The summed E-state index contributed by atoms with van der Waals surface area (Å²) in [6.07, 6.45) is 2.83. The van der Waals surface area contributed by atoms with Gasteiger partial charge in [-0.25, -0.2) is 0 Å². The van der Waals surface area contributed by atoms with Gasteiger partial charge < -0.3 is 5.11 Å². The second-order valence-electron chi connectivity index (χ2n) is 5.08. The van der Waals surface area contributed by atoms with Gasteiger partial charge in [-0.05, 0) is 19.3 Å². The highest BCUT2D eigenvalue weighted by atomic mass is 28.3. The molecule has 1 atom stereocenters. The van der Waals surface area contributed by atoms with Crippen LogP contribution in [0.1, 0.15) is 26.2 Å². The fourth-order valence-electron chi connectivity index (χ4n) is 1.38. The van der Waals surface area contributed by atoms with E-state index >= 15 is 0 Å². The van der Waals surface area contributed by atoms with Gasteiger partial charge in [0.2, 0.25) is 0 Å². The third-order valence-corrected chi connectivity index (χ3v) is 3.37. The maximum atomic E-state index is 9.76. The Morgan fingerprint density at radius 1 is 1.38 bits per heavy atom. The van der Waals surface area contributed by atoms with E-state index in [1.807, 2.05) is 6.92 Å². The normalized spacial score (nSPS) is 21.6. The molecule has 0 radical (unpaired) electrons. The van der Waals surface area contributed by atoms with Crippen LogP contribution in [0.3, 0.4) is 0 Å². The van der Waals surface area contributed by atoms with E-state index in [-0.39, 0.29) is 11.5 Å². The van der Waals surface area contributed by atoms with Crippen LogP contribution in [0.2, 0.25) is 19.6 Å². The number of aliphatic hydroxyl groups excluding tert-OH is 1. The number of aliphatic hydroxyl groups is 1. The molecule has 0 saturated heterocycles. The molecule has 0 amide bonds. The summed E-state index contributed by atoms with van der Waals surface area (Å²) in [7, 11) is -1.26. The van der Waals surface area contributed by atoms with E-state index in [4.69, 9.17) is 0 Å². The van der Waals surface area contributed by atoms with Crippen molar-refractivity contribution < 1.29 is 5.11 Å². The Balaban J connectivity index is 2.66. The Labute approximate surface area is 82.6 Å². The van der Waals surface area contributed by atoms with E-state index < -0.39 is 8.07 Å². The summed E-state index contributed by atoms with van der Waals surface area (Å²) in [5.74, 6) is 3.32. The topological polar surface area (TPSA) is 20.2 Å². The van der Waals surface area contributed by atoms with Crippen molar-refractivity contribution in [1.29, 1.82) is 0 Å². The molecule has 1 nitrogen and oxygen atoms in total. The molecule has 0 aromatic heterocycles. The molecule has 1 fully saturated rings. The first-order valence-corrected chi connectivity index (χ1v) is 8.62. The molecule has 1 aliphatic carbocycles. The molecular formula is C11H20OSi. The molecule has 0 heterocycles. The largest absolute Gasteiger partial charge is 0.392 e. The fraction of sp³-hybridized carbons (Fsp3) is 0.818. The maximum absolute atomic E-state index is 9.76. The Morgan fingerprint density at radius 3 is 2.23 bits per heavy atom. The van der Waals surface area contributed by atoms with Gasteiger partial charge >= 0.3 is 0 Å². The summed E-state index contributed by atoms with van der Waals surface area (Å²) in [6, 6.07) is 0. The van der Waals surface area contributed by atoms with E-state index in [1.165, 1.54) is 0 Å². The molecule has 74 valence electrons. The Bertz CT molecular complexity index is 237. The van der Waals surface area contributed by atoms with Crippen molar-refractivity contribution in [3.05, 3.63) is 0 Å². The summed E-state index contributed by atoms with van der Waals surface area (Å²) in [5, 5.41) is 9.76. The van der Waals surface area contributed by atoms with E-state index in [9.17, 15) is 5.11 Å². The maximum Gasteiger partial charge on any atom is 0.129 e. The fourth-order valence-corrected chi connectivity index (χ4v) is 2.00. The third-order valence-electron chi connectivity index (χ3n) is 2.50. The predicted octanol–water partition coefficient (Wildman–Crippen LogP) is 2.42. The van der Waals surface area contributed by atoms with Gasteiger partial charge in [0.05, 0.1) is 11.5 Å². The number of hydrogen-bond donors (Lipinski definition) is 1. The van der Waals surface area contributed by atoms with E-state index in [0.29, 0.717) is 0 Å². The highest BCUT2D eigenvalue weighted by Gasteiger charge is 2.46. The van der Waals surface area contributed by atoms with Crippen molar-refractivity contribution in [2.75, 3.05) is 0 Å². The Kier molecular flexibility index (Phi) is 2.89. The average Bonchev–Trinajstić information content (AvgIpc) is 2.79. The molecular weight excluding hydrogens is 176 g/mol. The molecule has 0 spiro atoms. The summed E-state index contributed by atoms with van der Waals surface area (Å²) in [4.78, 5) is 0. The van der Waals surface area contributed by atoms with Crippen molar-refractivity contribution >= 4 is 8.07 Å². The molecule has 1 rings (SSSR count). The smallest absolute Gasteiger partial charge is 0.129 e. The Hall–Kier alpha value is -0.263. The molecule has 1 saturated carbocycles. The minimum Gasteiger partial charge on any atom is -0.392 e. The van der Waals surface area contributed by atoms with E-state index in [0.717, 1.165) is 19.3 Å². The van der Waals surface area contributed by atoms with Crippen LogP contribution in [-0.4, -0.2) is 19.3 Å². The zero-order chi connectivity index (χ0) is 10.1. The van der Waals surface area contributed by atoms with Gasteiger partial charge in [-0.15, -0.1) is 11.5 Å². The van der Waals surface area contributed by atoms with Crippen molar-refractivity contribution in [3.63, 3.8) is 0 Å². The lowest BCUT2D eigenvalue weighted by Crippen LogP contribution is -2.22. The minimum atomic E-state index is -1.26. The monoisotopic (exact) mass is 196 g/mol. The molecule has 1 N–H and O–H groups in total. The minimum absolute atomic E-state index is 0.00493. The van der Waals surface area contributed by atoms with E-state index in [2.05, 4.69) is 31.1 Å². The molecule has 13 heavy (non-hydrogen) atoms. The third kappa shape index (κ3) is 2.86. The summed E-state index contributed by atoms with van der Waals surface area (Å²) < 4.78 is 0. The zero-order valence-corrected chi connectivity index (χ0v) is 10.1. The predicted molar refractivity (Wildman–Crippen MR) is 59.1 cm³/mol. The van der Waals surface area contributed by atoms with Crippen LogP contribution in [0.4, 0.5) is 0 Å².